The molecular weight excluding hydrogens is 458 g/mol. The zero-order chi connectivity index (χ0) is 24.5. The summed E-state index contributed by atoms with van der Waals surface area (Å²) in [5, 5.41) is 13.8. The number of morpholine rings is 1. The standard InChI is InChI=1S/C26H29N7O3/c34-24-12-19(26(35)31-24)11-20-15-28-33-23(27-14-17-4-5-17)13-22(30-25(20)33)29-21-3-1-2-18(10-21)16-32-6-8-36-9-7-32/h1-3,10-11,13,15,17,27H,4-9,12,14,16H2,(H,29,30)(H,31,34,35)/b19-11+. The van der Waals surface area contributed by atoms with E-state index in [1.807, 2.05) is 18.2 Å². The Bertz CT molecular complexity index is 1340. The number of hydrogen-bond donors (Lipinski definition) is 3. The van der Waals surface area contributed by atoms with Crippen LogP contribution < -0.4 is 16.0 Å². The molecule has 3 aliphatic rings. The number of fused-ring (bicyclic) bond motifs is 1. The van der Waals surface area contributed by atoms with Crippen molar-refractivity contribution in [3.8, 4) is 0 Å². The molecule has 10 heteroatoms. The van der Waals surface area contributed by atoms with Crippen molar-refractivity contribution in [2.24, 2.45) is 5.92 Å². The quantitative estimate of drug-likeness (QED) is 0.328. The van der Waals surface area contributed by atoms with Gasteiger partial charge in [-0.15, -0.1) is 0 Å². The van der Waals surface area contributed by atoms with E-state index in [1.165, 1.54) is 18.4 Å². The molecule has 0 unspecified atom stereocenters. The molecule has 1 aliphatic carbocycles. The number of amides is 2. The lowest BCUT2D eigenvalue weighted by molar-refractivity contribution is -0.124. The van der Waals surface area contributed by atoms with Gasteiger partial charge in [0.1, 0.15) is 11.6 Å². The van der Waals surface area contributed by atoms with Crippen molar-refractivity contribution in [2.75, 3.05) is 43.5 Å². The van der Waals surface area contributed by atoms with Crippen LogP contribution >= 0.6 is 0 Å². The smallest absolute Gasteiger partial charge is 0.254 e. The monoisotopic (exact) mass is 487 g/mol. The molecule has 186 valence electrons. The Morgan fingerprint density at radius 1 is 1.17 bits per heavy atom. The minimum atomic E-state index is -0.363. The van der Waals surface area contributed by atoms with E-state index in [9.17, 15) is 9.59 Å². The molecule has 0 spiro atoms. The molecule has 1 saturated carbocycles. The average Bonchev–Trinajstić information content (AvgIpc) is 3.54. The summed E-state index contributed by atoms with van der Waals surface area (Å²) in [7, 11) is 0. The molecule has 3 aromatic rings. The molecule has 0 radical (unpaired) electrons. The normalized spacial score (nSPS) is 19.7. The van der Waals surface area contributed by atoms with E-state index in [4.69, 9.17) is 9.72 Å². The fourth-order valence-electron chi connectivity index (χ4n) is 4.56. The van der Waals surface area contributed by atoms with E-state index >= 15 is 0 Å². The number of carbonyl (C=O) groups is 2. The second kappa shape index (κ2) is 9.71. The van der Waals surface area contributed by atoms with Gasteiger partial charge in [-0.1, -0.05) is 12.1 Å². The van der Waals surface area contributed by atoms with E-state index in [1.54, 1.807) is 16.8 Å². The third-order valence-electron chi connectivity index (χ3n) is 6.70. The van der Waals surface area contributed by atoms with Gasteiger partial charge in [0.15, 0.2) is 5.65 Å². The minimum absolute atomic E-state index is 0.0663. The minimum Gasteiger partial charge on any atom is -0.379 e. The summed E-state index contributed by atoms with van der Waals surface area (Å²) >= 11 is 0. The summed E-state index contributed by atoms with van der Waals surface area (Å²) in [4.78, 5) is 31.0. The molecule has 36 heavy (non-hydrogen) atoms. The fraction of sp³-hybridized carbons (Fsp3) is 0.385. The zero-order valence-electron chi connectivity index (χ0n) is 20.0. The first-order valence-electron chi connectivity index (χ1n) is 12.4. The van der Waals surface area contributed by atoms with Crippen LogP contribution in [0.3, 0.4) is 0 Å². The Morgan fingerprint density at radius 3 is 2.81 bits per heavy atom. The van der Waals surface area contributed by atoms with E-state index < -0.39 is 0 Å². The van der Waals surface area contributed by atoms with Crippen molar-refractivity contribution in [1.29, 1.82) is 0 Å². The molecule has 1 aromatic carbocycles. The number of carbonyl (C=O) groups excluding carboxylic acids is 2. The largest absolute Gasteiger partial charge is 0.379 e. The van der Waals surface area contributed by atoms with Gasteiger partial charge in [-0.3, -0.25) is 19.8 Å². The predicted octanol–water partition coefficient (Wildman–Crippen LogP) is 2.56. The fourth-order valence-corrected chi connectivity index (χ4v) is 4.56. The first-order chi connectivity index (χ1) is 17.6. The molecule has 2 saturated heterocycles. The number of aromatic nitrogens is 3. The van der Waals surface area contributed by atoms with Crippen LogP contribution in [0.15, 0.2) is 42.1 Å². The van der Waals surface area contributed by atoms with Gasteiger partial charge in [0, 0.05) is 49.1 Å². The van der Waals surface area contributed by atoms with Gasteiger partial charge in [-0.05, 0) is 42.5 Å². The lowest BCUT2D eigenvalue weighted by atomic mass is 10.1. The number of imide groups is 1. The number of nitrogens with one attached hydrogen (secondary N) is 3. The molecule has 3 fully saturated rings. The zero-order valence-corrected chi connectivity index (χ0v) is 20.0. The van der Waals surface area contributed by atoms with Gasteiger partial charge in [0.05, 0.1) is 25.8 Å². The summed E-state index contributed by atoms with van der Waals surface area (Å²) in [6, 6.07) is 10.3. The van der Waals surface area contributed by atoms with Crippen molar-refractivity contribution in [2.45, 2.75) is 25.8 Å². The molecule has 10 nitrogen and oxygen atoms in total. The number of hydrogen-bond acceptors (Lipinski definition) is 8. The molecule has 2 aromatic heterocycles. The highest BCUT2D eigenvalue weighted by molar-refractivity contribution is 6.15. The topological polar surface area (TPSA) is 113 Å². The Hall–Kier alpha value is -3.76. The van der Waals surface area contributed by atoms with Gasteiger partial charge in [0.25, 0.3) is 5.91 Å². The number of rotatable bonds is 8. The Balaban J connectivity index is 1.30. The average molecular weight is 488 g/mol. The summed E-state index contributed by atoms with van der Waals surface area (Å²) in [5.41, 5.74) is 3.89. The van der Waals surface area contributed by atoms with E-state index in [0.29, 0.717) is 28.5 Å². The number of nitrogens with zero attached hydrogens (tertiary/aromatic N) is 4. The number of ether oxygens (including phenoxy) is 1. The van der Waals surface area contributed by atoms with Crippen molar-refractivity contribution in [1.82, 2.24) is 24.8 Å². The van der Waals surface area contributed by atoms with Crippen molar-refractivity contribution < 1.29 is 14.3 Å². The molecule has 6 rings (SSSR count). The third-order valence-corrected chi connectivity index (χ3v) is 6.70. The van der Waals surface area contributed by atoms with Crippen LogP contribution in [0.25, 0.3) is 11.7 Å². The third kappa shape index (κ3) is 5.09. The highest BCUT2D eigenvalue weighted by Gasteiger charge is 2.25. The summed E-state index contributed by atoms with van der Waals surface area (Å²) in [5.74, 6) is 1.54. The van der Waals surface area contributed by atoms with Crippen LogP contribution in [0.2, 0.25) is 0 Å². The second-order valence-corrected chi connectivity index (χ2v) is 9.62. The van der Waals surface area contributed by atoms with Crippen molar-refractivity contribution in [3.05, 3.63) is 53.2 Å². The molecule has 2 aliphatic heterocycles. The second-order valence-electron chi connectivity index (χ2n) is 9.62. The van der Waals surface area contributed by atoms with E-state index in [0.717, 1.165) is 50.9 Å². The van der Waals surface area contributed by atoms with Gasteiger partial charge in [0.2, 0.25) is 5.91 Å². The maximum Gasteiger partial charge on any atom is 0.254 e. The SMILES string of the molecule is O=C1C/C(=C\c2cnn3c(NCC4CC4)cc(Nc4cccc(CN5CCOCC5)c4)nc23)C(=O)N1. The lowest BCUT2D eigenvalue weighted by Crippen LogP contribution is -2.35. The van der Waals surface area contributed by atoms with Crippen LogP contribution in [0, 0.1) is 5.92 Å². The molecule has 0 bridgehead atoms. The molecule has 2 amide bonds. The highest BCUT2D eigenvalue weighted by Crippen LogP contribution is 2.30. The predicted molar refractivity (Wildman–Crippen MR) is 136 cm³/mol. The van der Waals surface area contributed by atoms with Gasteiger partial charge in [-0.2, -0.15) is 9.61 Å². The highest BCUT2D eigenvalue weighted by atomic mass is 16.5. The van der Waals surface area contributed by atoms with Gasteiger partial charge >= 0.3 is 0 Å². The van der Waals surface area contributed by atoms with Gasteiger partial charge < -0.3 is 15.4 Å². The van der Waals surface area contributed by atoms with Crippen LogP contribution in [-0.4, -0.2) is 64.2 Å². The van der Waals surface area contributed by atoms with Crippen LogP contribution in [0.1, 0.15) is 30.4 Å². The number of anilines is 3. The van der Waals surface area contributed by atoms with E-state index in [-0.39, 0.29) is 18.2 Å². The molecular formula is C26H29N7O3. The summed E-state index contributed by atoms with van der Waals surface area (Å²) in [6.45, 7) is 5.18. The van der Waals surface area contributed by atoms with Crippen molar-refractivity contribution >= 4 is 40.9 Å². The van der Waals surface area contributed by atoms with E-state index in [2.05, 4.69) is 38.1 Å². The number of benzene rings is 1. The summed E-state index contributed by atoms with van der Waals surface area (Å²) in [6.07, 6.45) is 5.92. The Morgan fingerprint density at radius 2 is 2.03 bits per heavy atom. The molecule has 4 heterocycles. The molecule has 3 N–H and O–H groups in total. The summed E-state index contributed by atoms with van der Waals surface area (Å²) < 4.78 is 7.22. The van der Waals surface area contributed by atoms with Crippen LogP contribution in [-0.2, 0) is 20.9 Å². The molecule has 0 atom stereocenters. The van der Waals surface area contributed by atoms with Gasteiger partial charge in [-0.25, -0.2) is 4.98 Å². The lowest BCUT2D eigenvalue weighted by Gasteiger charge is -2.26. The first-order valence-corrected chi connectivity index (χ1v) is 12.4. The maximum absolute atomic E-state index is 12.1. The van der Waals surface area contributed by atoms with Crippen molar-refractivity contribution in [3.63, 3.8) is 0 Å². The first kappa shape index (κ1) is 22.7. The van der Waals surface area contributed by atoms with Crippen LogP contribution in [0.4, 0.5) is 17.3 Å². The van der Waals surface area contributed by atoms with Crippen LogP contribution in [0.5, 0.6) is 0 Å². The maximum atomic E-state index is 12.1. The Kier molecular flexibility index (Phi) is 6.12. The Labute approximate surface area is 208 Å².